The molecule has 0 unspecified atom stereocenters. The Labute approximate surface area is 140 Å². The number of hydrogen-bond acceptors (Lipinski definition) is 7. The summed E-state index contributed by atoms with van der Waals surface area (Å²) in [5.41, 5.74) is 11.5. The van der Waals surface area contributed by atoms with Gasteiger partial charge in [0, 0.05) is 17.2 Å². The standard InChI is InChI=1S/C13H17N3O5S2/c14-8-4-2-1-3-7(8)11(17)16-10(13(20)21)6-23-22-5-9(15)12(18)19/h1-4,9-10H,5-6,14-15H2,(H,16,17)(H,18,19)(H,20,21)/t9-,10-/m0/s1. The highest BCUT2D eigenvalue weighted by Gasteiger charge is 2.22. The van der Waals surface area contributed by atoms with Gasteiger partial charge in [0.1, 0.15) is 12.1 Å². The molecule has 0 aliphatic carbocycles. The van der Waals surface area contributed by atoms with Crippen LogP contribution in [-0.4, -0.2) is 51.6 Å². The van der Waals surface area contributed by atoms with Crippen molar-refractivity contribution in [1.82, 2.24) is 5.32 Å². The molecule has 0 fully saturated rings. The van der Waals surface area contributed by atoms with Crippen LogP contribution in [0.4, 0.5) is 5.69 Å². The van der Waals surface area contributed by atoms with E-state index in [9.17, 15) is 14.4 Å². The maximum Gasteiger partial charge on any atom is 0.327 e. The summed E-state index contributed by atoms with van der Waals surface area (Å²) in [4.78, 5) is 33.8. The zero-order chi connectivity index (χ0) is 17.4. The molecule has 0 saturated carbocycles. The molecule has 2 atom stereocenters. The molecule has 10 heteroatoms. The van der Waals surface area contributed by atoms with Gasteiger partial charge in [0.15, 0.2) is 0 Å². The summed E-state index contributed by atoms with van der Waals surface area (Å²) in [6.07, 6.45) is 0. The number of nitrogens with one attached hydrogen (secondary N) is 1. The van der Waals surface area contributed by atoms with Crippen LogP contribution in [0.3, 0.4) is 0 Å². The van der Waals surface area contributed by atoms with E-state index in [2.05, 4.69) is 5.32 Å². The molecule has 0 saturated heterocycles. The first-order valence-electron chi connectivity index (χ1n) is 6.44. The van der Waals surface area contributed by atoms with E-state index in [4.69, 9.17) is 21.7 Å². The molecule has 1 amide bonds. The first-order valence-corrected chi connectivity index (χ1v) is 8.92. The Kier molecular flexibility index (Phi) is 7.72. The highest BCUT2D eigenvalue weighted by molar-refractivity contribution is 8.76. The number of rotatable bonds is 9. The minimum atomic E-state index is -1.19. The lowest BCUT2D eigenvalue weighted by Gasteiger charge is -2.15. The van der Waals surface area contributed by atoms with E-state index >= 15 is 0 Å². The monoisotopic (exact) mass is 359 g/mol. The van der Waals surface area contributed by atoms with E-state index in [0.29, 0.717) is 0 Å². The maximum atomic E-state index is 12.0. The maximum absolute atomic E-state index is 12.0. The second-order valence-electron chi connectivity index (χ2n) is 4.47. The van der Waals surface area contributed by atoms with Gasteiger partial charge in [-0.1, -0.05) is 33.7 Å². The Balaban J connectivity index is 2.53. The van der Waals surface area contributed by atoms with Crippen molar-refractivity contribution in [2.75, 3.05) is 17.2 Å². The molecular weight excluding hydrogens is 342 g/mol. The lowest BCUT2D eigenvalue weighted by molar-refractivity contribution is -0.139. The minimum absolute atomic E-state index is 0.0603. The highest BCUT2D eigenvalue weighted by atomic mass is 33.1. The third-order valence-corrected chi connectivity index (χ3v) is 5.14. The van der Waals surface area contributed by atoms with Crippen LogP contribution in [0.5, 0.6) is 0 Å². The predicted molar refractivity (Wildman–Crippen MR) is 90.3 cm³/mol. The Morgan fingerprint density at radius 1 is 1.09 bits per heavy atom. The fourth-order valence-corrected chi connectivity index (χ4v) is 3.69. The van der Waals surface area contributed by atoms with Gasteiger partial charge in [0.05, 0.1) is 5.56 Å². The molecule has 0 bridgehead atoms. The van der Waals surface area contributed by atoms with Gasteiger partial charge in [-0.05, 0) is 12.1 Å². The number of benzene rings is 1. The van der Waals surface area contributed by atoms with Crippen molar-refractivity contribution in [3.8, 4) is 0 Å². The van der Waals surface area contributed by atoms with Crippen LogP contribution in [0.1, 0.15) is 10.4 Å². The van der Waals surface area contributed by atoms with E-state index < -0.39 is 29.9 Å². The van der Waals surface area contributed by atoms with Crippen LogP contribution < -0.4 is 16.8 Å². The van der Waals surface area contributed by atoms with Gasteiger partial charge in [-0.2, -0.15) is 0 Å². The van der Waals surface area contributed by atoms with Crippen LogP contribution >= 0.6 is 21.6 Å². The van der Waals surface area contributed by atoms with E-state index in [1.807, 2.05) is 0 Å². The minimum Gasteiger partial charge on any atom is -0.480 e. The zero-order valence-electron chi connectivity index (χ0n) is 12.0. The fourth-order valence-electron chi connectivity index (χ4n) is 1.42. The quantitative estimate of drug-likeness (QED) is 0.237. The van der Waals surface area contributed by atoms with Gasteiger partial charge in [-0.3, -0.25) is 9.59 Å². The molecule has 0 heterocycles. The smallest absolute Gasteiger partial charge is 0.327 e. The highest BCUT2D eigenvalue weighted by Crippen LogP contribution is 2.23. The number of carboxylic acid groups (broad SMARTS) is 2. The summed E-state index contributed by atoms with van der Waals surface area (Å²) in [6, 6.07) is 4.19. The molecule has 0 aliphatic rings. The van der Waals surface area contributed by atoms with Gasteiger partial charge in [0.2, 0.25) is 0 Å². The molecule has 0 radical (unpaired) electrons. The Morgan fingerprint density at radius 2 is 1.70 bits per heavy atom. The van der Waals surface area contributed by atoms with Crippen molar-refractivity contribution in [3.05, 3.63) is 29.8 Å². The van der Waals surface area contributed by atoms with Gasteiger partial charge >= 0.3 is 11.9 Å². The number of carboxylic acids is 2. The Bertz CT molecular complexity index is 584. The number of nitrogen functional groups attached to an aromatic ring is 1. The van der Waals surface area contributed by atoms with Gasteiger partial charge < -0.3 is 27.0 Å². The third kappa shape index (κ3) is 6.38. The normalized spacial score (nSPS) is 13.1. The van der Waals surface area contributed by atoms with Crippen molar-refractivity contribution in [3.63, 3.8) is 0 Å². The van der Waals surface area contributed by atoms with E-state index in [0.717, 1.165) is 21.6 Å². The van der Waals surface area contributed by atoms with Crippen molar-refractivity contribution in [1.29, 1.82) is 0 Å². The molecule has 0 aromatic heterocycles. The lowest BCUT2D eigenvalue weighted by Crippen LogP contribution is -2.42. The molecule has 8 nitrogen and oxygen atoms in total. The summed E-state index contributed by atoms with van der Waals surface area (Å²) < 4.78 is 0. The van der Waals surface area contributed by atoms with E-state index in [-0.39, 0.29) is 22.8 Å². The molecule has 1 aromatic rings. The molecule has 7 N–H and O–H groups in total. The Hall–Kier alpha value is -1.91. The molecular formula is C13H17N3O5S2. The first-order chi connectivity index (χ1) is 10.8. The molecule has 0 spiro atoms. The topological polar surface area (TPSA) is 156 Å². The Morgan fingerprint density at radius 3 is 2.26 bits per heavy atom. The molecule has 1 rings (SSSR count). The predicted octanol–water partition coefficient (Wildman–Crippen LogP) is 0.245. The summed E-state index contributed by atoms with van der Waals surface area (Å²) >= 11 is 0. The van der Waals surface area contributed by atoms with Crippen LogP contribution in [0.2, 0.25) is 0 Å². The summed E-state index contributed by atoms with van der Waals surface area (Å²) in [5, 5.41) is 20.2. The number of para-hydroxylation sites is 1. The van der Waals surface area contributed by atoms with Crippen molar-refractivity contribution in [2.45, 2.75) is 12.1 Å². The second kappa shape index (κ2) is 9.28. The largest absolute Gasteiger partial charge is 0.480 e. The van der Waals surface area contributed by atoms with Crippen LogP contribution in [0, 0.1) is 0 Å². The summed E-state index contributed by atoms with van der Waals surface area (Å²) in [7, 11) is 2.26. The van der Waals surface area contributed by atoms with Crippen molar-refractivity contribution < 1.29 is 24.6 Å². The van der Waals surface area contributed by atoms with Gasteiger partial charge in [-0.25, -0.2) is 4.79 Å². The van der Waals surface area contributed by atoms with Crippen LogP contribution in [-0.2, 0) is 9.59 Å². The van der Waals surface area contributed by atoms with Crippen molar-refractivity contribution in [2.24, 2.45) is 5.73 Å². The number of aliphatic carboxylic acids is 2. The SMILES string of the molecule is Nc1ccccc1C(=O)N[C@@H](CSSC[C@H](N)C(=O)O)C(=O)O. The number of anilines is 1. The number of nitrogens with two attached hydrogens (primary N) is 2. The van der Waals surface area contributed by atoms with Gasteiger partial charge in [-0.15, -0.1) is 0 Å². The van der Waals surface area contributed by atoms with Gasteiger partial charge in [0.25, 0.3) is 5.91 Å². The number of hydrogen-bond donors (Lipinski definition) is 5. The molecule has 126 valence electrons. The van der Waals surface area contributed by atoms with Crippen LogP contribution in [0.25, 0.3) is 0 Å². The molecule has 1 aromatic carbocycles. The zero-order valence-corrected chi connectivity index (χ0v) is 13.6. The number of amides is 1. The number of carbonyl (C=O) groups is 3. The van der Waals surface area contributed by atoms with E-state index in [1.54, 1.807) is 18.2 Å². The lowest BCUT2D eigenvalue weighted by atomic mass is 10.1. The first kappa shape index (κ1) is 19.1. The van der Waals surface area contributed by atoms with Crippen LogP contribution in [0.15, 0.2) is 24.3 Å². The fraction of sp³-hybridized carbons (Fsp3) is 0.308. The average Bonchev–Trinajstić information content (AvgIpc) is 2.49. The van der Waals surface area contributed by atoms with Crippen molar-refractivity contribution >= 4 is 45.1 Å². The third-order valence-electron chi connectivity index (χ3n) is 2.69. The number of carbonyl (C=O) groups excluding carboxylic acids is 1. The van der Waals surface area contributed by atoms with E-state index in [1.165, 1.54) is 6.07 Å². The summed E-state index contributed by atoms with van der Waals surface area (Å²) in [6.45, 7) is 0. The molecule has 23 heavy (non-hydrogen) atoms. The second-order valence-corrected chi connectivity index (χ2v) is 7.02. The molecule has 0 aliphatic heterocycles. The summed E-state index contributed by atoms with van der Waals surface area (Å²) in [5.74, 6) is -2.70. The average molecular weight is 359 g/mol.